The SMILES string of the molecule is CCCC(C)(C)C.CCOC(C)(C)C. The molecule has 1 nitrogen and oxygen atoms in total. The molecule has 0 aromatic rings. The van der Waals surface area contributed by atoms with Crippen LogP contribution in [0.25, 0.3) is 0 Å². The molecule has 88 valence electrons. The van der Waals surface area contributed by atoms with Crippen LogP contribution in [-0.2, 0) is 4.74 Å². The molecule has 1 heteroatoms. The average molecular weight is 202 g/mol. The van der Waals surface area contributed by atoms with Crippen LogP contribution in [0.15, 0.2) is 0 Å². The minimum absolute atomic E-state index is 0.0503. The third-order valence-electron chi connectivity index (χ3n) is 1.58. The van der Waals surface area contributed by atoms with Crippen molar-refractivity contribution in [3.8, 4) is 0 Å². The quantitative estimate of drug-likeness (QED) is 0.633. The van der Waals surface area contributed by atoms with Gasteiger partial charge in [0.05, 0.1) is 5.60 Å². The second-order valence-electron chi connectivity index (χ2n) is 5.86. The molecule has 0 bridgehead atoms. The summed E-state index contributed by atoms with van der Waals surface area (Å²) in [5.41, 5.74) is 0.601. The summed E-state index contributed by atoms with van der Waals surface area (Å²) in [5.74, 6) is 0. The molecule has 0 aliphatic carbocycles. The Morgan fingerprint density at radius 2 is 1.29 bits per heavy atom. The lowest BCUT2D eigenvalue weighted by Crippen LogP contribution is -2.18. The van der Waals surface area contributed by atoms with E-state index < -0.39 is 0 Å². The minimum Gasteiger partial charge on any atom is -0.376 e. The van der Waals surface area contributed by atoms with Gasteiger partial charge in [-0.3, -0.25) is 0 Å². The largest absolute Gasteiger partial charge is 0.376 e. The van der Waals surface area contributed by atoms with Gasteiger partial charge in [0.2, 0.25) is 0 Å². The number of hydrogen-bond acceptors (Lipinski definition) is 1. The second-order valence-corrected chi connectivity index (χ2v) is 5.86. The fourth-order valence-corrected chi connectivity index (χ4v) is 1.18. The molecule has 0 aromatic heterocycles. The Morgan fingerprint density at radius 1 is 0.857 bits per heavy atom. The first-order chi connectivity index (χ1) is 6.12. The van der Waals surface area contributed by atoms with Crippen LogP contribution in [0, 0.1) is 5.41 Å². The first-order valence-corrected chi connectivity index (χ1v) is 5.76. The molecule has 0 aliphatic heterocycles. The van der Waals surface area contributed by atoms with E-state index in [1.54, 1.807) is 0 Å². The van der Waals surface area contributed by atoms with Gasteiger partial charge in [0, 0.05) is 6.61 Å². The molecule has 0 aliphatic rings. The van der Waals surface area contributed by atoms with Gasteiger partial charge in [-0.05, 0) is 39.5 Å². The van der Waals surface area contributed by atoms with Crippen molar-refractivity contribution in [3.63, 3.8) is 0 Å². The van der Waals surface area contributed by atoms with Crippen molar-refractivity contribution in [3.05, 3.63) is 0 Å². The molecule has 0 heterocycles. The van der Waals surface area contributed by atoms with E-state index in [2.05, 4.69) is 48.5 Å². The van der Waals surface area contributed by atoms with Crippen molar-refractivity contribution in [1.29, 1.82) is 0 Å². The van der Waals surface area contributed by atoms with Crippen LogP contribution in [0.3, 0.4) is 0 Å². The van der Waals surface area contributed by atoms with Gasteiger partial charge in [-0.25, -0.2) is 0 Å². The maximum atomic E-state index is 5.23. The van der Waals surface area contributed by atoms with E-state index in [9.17, 15) is 0 Å². The van der Waals surface area contributed by atoms with Gasteiger partial charge in [0.15, 0.2) is 0 Å². The number of hydrogen-bond donors (Lipinski definition) is 0. The topological polar surface area (TPSA) is 9.23 Å². The zero-order valence-electron chi connectivity index (χ0n) is 11.5. The van der Waals surface area contributed by atoms with Crippen LogP contribution in [0.5, 0.6) is 0 Å². The lowest BCUT2D eigenvalue weighted by atomic mass is 9.91. The van der Waals surface area contributed by atoms with E-state index in [4.69, 9.17) is 4.74 Å². The Kier molecular flexibility index (Phi) is 8.52. The third kappa shape index (κ3) is 22.7. The van der Waals surface area contributed by atoms with Gasteiger partial charge >= 0.3 is 0 Å². The summed E-state index contributed by atoms with van der Waals surface area (Å²) in [6.07, 6.45) is 2.65. The molecule has 0 spiro atoms. The molecular formula is C13H30O. The standard InChI is InChI=1S/C7H16.C6H14O/c1-5-6-7(2,3)4;1-5-7-6(2,3)4/h5-6H2,1-4H3;5H2,1-4H3. The van der Waals surface area contributed by atoms with Crippen molar-refractivity contribution < 1.29 is 4.74 Å². The van der Waals surface area contributed by atoms with Crippen LogP contribution in [-0.4, -0.2) is 12.2 Å². The second kappa shape index (κ2) is 7.28. The molecule has 0 aromatic carbocycles. The van der Waals surface area contributed by atoms with Crippen LogP contribution in [0.2, 0.25) is 0 Å². The lowest BCUT2D eigenvalue weighted by Gasteiger charge is -2.17. The Morgan fingerprint density at radius 3 is 1.29 bits per heavy atom. The zero-order valence-corrected chi connectivity index (χ0v) is 11.5. The summed E-state index contributed by atoms with van der Waals surface area (Å²) in [4.78, 5) is 0. The predicted octanol–water partition coefficient (Wildman–Crippen LogP) is 4.65. The van der Waals surface area contributed by atoms with Gasteiger partial charge < -0.3 is 4.74 Å². The van der Waals surface area contributed by atoms with E-state index in [-0.39, 0.29) is 5.60 Å². The highest BCUT2D eigenvalue weighted by Gasteiger charge is 2.06. The number of ether oxygens (including phenoxy) is 1. The van der Waals surface area contributed by atoms with Crippen molar-refractivity contribution in [1.82, 2.24) is 0 Å². The van der Waals surface area contributed by atoms with Gasteiger partial charge in [-0.15, -0.1) is 0 Å². The minimum atomic E-state index is 0.0503. The smallest absolute Gasteiger partial charge is 0.0598 e. The molecule has 0 saturated carbocycles. The van der Waals surface area contributed by atoms with E-state index >= 15 is 0 Å². The monoisotopic (exact) mass is 202 g/mol. The summed E-state index contributed by atoms with van der Waals surface area (Å²) in [5, 5.41) is 0. The van der Waals surface area contributed by atoms with E-state index in [0.717, 1.165) is 6.61 Å². The van der Waals surface area contributed by atoms with Crippen molar-refractivity contribution in [2.24, 2.45) is 5.41 Å². The average Bonchev–Trinajstić information content (AvgIpc) is 1.81. The maximum Gasteiger partial charge on any atom is 0.0598 e. The Bertz CT molecular complexity index is 98.2. The van der Waals surface area contributed by atoms with Crippen LogP contribution < -0.4 is 0 Å². The highest BCUT2D eigenvalue weighted by atomic mass is 16.5. The molecule has 0 saturated heterocycles. The summed E-state index contributed by atoms with van der Waals surface area (Å²) >= 11 is 0. The van der Waals surface area contributed by atoms with Gasteiger partial charge in [0.25, 0.3) is 0 Å². The molecular weight excluding hydrogens is 172 g/mol. The molecule has 0 fully saturated rings. The fourth-order valence-electron chi connectivity index (χ4n) is 1.18. The molecule has 14 heavy (non-hydrogen) atoms. The van der Waals surface area contributed by atoms with Crippen molar-refractivity contribution >= 4 is 0 Å². The molecule has 0 N–H and O–H groups in total. The summed E-state index contributed by atoms with van der Waals surface area (Å²) < 4.78 is 5.23. The Hall–Kier alpha value is -0.0400. The highest BCUT2D eigenvalue weighted by molar-refractivity contribution is 4.58. The first-order valence-electron chi connectivity index (χ1n) is 5.76. The van der Waals surface area contributed by atoms with Crippen LogP contribution in [0.1, 0.15) is 68.2 Å². The van der Waals surface area contributed by atoms with Crippen LogP contribution in [0.4, 0.5) is 0 Å². The summed E-state index contributed by atoms with van der Waals surface area (Å²) in [6.45, 7) is 18.0. The molecule has 0 rings (SSSR count). The zero-order chi connectivity index (χ0) is 11.8. The third-order valence-corrected chi connectivity index (χ3v) is 1.58. The lowest BCUT2D eigenvalue weighted by molar-refractivity contribution is 0.00532. The normalized spacial score (nSPS) is 12.0. The Balaban J connectivity index is 0. The van der Waals surface area contributed by atoms with E-state index in [1.807, 2.05) is 6.92 Å². The van der Waals surface area contributed by atoms with Gasteiger partial charge in [-0.2, -0.15) is 0 Å². The van der Waals surface area contributed by atoms with E-state index in [1.165, 1.54) is 12.8 Å². The molecule has 0 radical (unpaired) electrons. The Labute approximate surface area is 91.2 Å². The molecule has 0 atom stereocenters. The molecule has 0 unspecified atom stereocenters. The van der Waals surface area contributed by atoms with Gasteiger partial charge in [0.1, 0.15) is 0 Å². The van der Waals surface area contributed by atoms with Gasteiger partial charge in [-0.1, -0.05) is 34.1 Å². The number of rotatable bonds is 2. The fraction of sp³-hybridized carbons (Fsp3) is 1.00. The first kappa shape index (κ1) is 16.4. The molecule has 0 amide bonds. The van der Waals surface area contributed by atoms with Crippen molar-refractivity contribution in [2.45, 2.75) is 73.8 Å². The summed E-state index contributed by atoms with van der Waals surface area (Å²) in [6, 6.07) is 0. The van der Waals surface area contributed by atoms with Crippen LogP contribution >= 0.6 is 0 Å². The highest BCUT2D eigenvalue weighted by Crippen LogP contribution is 2.19. The summed E-state index contributed by atoms with van der Waals surface area (Å²) in [7, 11) is 0. The predicted molar refractivity (Wildman–Crippen MR) is 65.7 cm³/mol. The van der Waals surface area contributed by atoms with Crippen molar-refractivity contribution in [2.75, 3.05) is 6.61 Å². The maximum absolute atomic E-state index is 5.23. The van der Waals surface area contributed by atoms with E-state index in [0.29, 0.717) is 5.41 Å².